The lowest BCUT2D eigenvalue weighted by atomic mass is 10.1. The van der Waals surface area contributed by atoms with Gasteiger partial charge in [-0.25, -0.2) is 8.42 Å². The van der Waals surface area contributed by atoms with Gasteiger partial charge in [0.05, 0.1) is 25.3 Å². The fourth-order valence-electron chi connectivity index (χ4n) is 2.43. The Labute approximate surface area is 147 Å². The predicted molar refractivity (Wildman–Crippen MR) is 93.1 cm³/mol. The molecule has 0 saturated heterocycles. The summed E-state index contributed by atoms with van der Waals surface area (Å²) in [5.74, 6) is -1.34. The standard InChI is InChI=1S/C18H21NO5S/c1-4-14-6-8-15(9-7-14)19(12-18(20)21)25(22,23)17-11-13(2)5-10-16(17)24-3/h5-11H,4,12H2,1-3H3,(H,20,21)/p-1. The molecular formula is C18H20NO5S-. The molecule has 7 heteroatoms. The largest absolute Gasteiger partial charge is 0.548 e. The monoisotopic (exact) mass is 362 g/mol. The Morgan fingerprint density at radius 3 is 2.32 bits per heavy atom. The lowest BCUT2D eigenvalue weighted by Crippen LogP contribution is -2.41. The van der Waals surface area contributed by atoms with Gasteiger partial charge < -0.3 is 14.6 Å². The number of rotatable bonds is 7. The van der Waals surface area contributed by atoms with Gasteiger partial charge >= 0.3 is 0 Å². The normalized spacial score (nSPS) is 11.2. The number of sulfonamides is 1. The zero-order valence-electron chi connectivity index (χ0n) is 14.4. The first kappa shape index (κ1) is 18.8. The molecule has 2 rings (SSSR count). The zero-order chi connectivity index (χ0) is 18.6. The number of carboxylic acid groups (broad SMARTS) is 1. The van der Waals surface area contributed by atoms with Crippen molar-refractivity contribution in [3.8, 4) is 5.75 Å². The van der Waals surface area contributed by atoms with Gasteiger partial charge in [0.2, 0.25) is 0 Å². The maximum Gasteiger partial charge on any atom is 0.268 e. The van der Waals surface area contributed by atoms with Gasteiger partial charge in [0.25, 0.3) is 10.0 Å². The minimum atomic E-state index is -4.15. The number of aliphatic carboxylic acids is 1. The van der Waals surface area contributed by atoms with Crippen LogP contribution in [0.1, 0.15) is 18.1 Å². The van der Waals surface area contributed by atoms with Crippen molar-refractivity contribution in [1.29, 1.82) is 0 Å². The second-order valence-corrected chi connectivity index (χ2v) is 7.39. The topological polar surface area (TPSA) is 86.7 Å². The zero-order valence-corrected chi connectivity index (χ0v) is 15.2. The van der Waals surface area contributed by atoms with Gasteiger partial charge in [0.15, 0.2) is 0 Å². The number of ether oxygens (including phenoxy) is 1. The minimum Gasteiger partial charge on any atom is -0.548 e. The van der Waals surface area contributed by atoms with Crippen LogP contribution in [0.15, 0.2) is 47.4 Å². The maximum atomic E-state index is 13.1. The summed E-state index contributed by atoms with van der Waals surface area (Å²) in [6, 6.07) is 11.4. The number of carbonyl (C=O) groups is 1. The molecule has 0 atom stereocenters. The molecule has 0 aliphatic rings. The van der Waals surface area contributed by atoms with Crippen LogP contribution in [0.3, 0.4) is 0 Å². The Morgan fingerprint density at radius 2 is 1.80 bits per heavy atom. The summed E-state index contributed by atoms with van der Waals surface area (Å²) in [6.07, 6.45) is 0.791. The molecule has 25 heavy (non-hydrogen) atoms. The number of aryl methyl sites for hydroxylation is 2. The summed E-state index contributed by atoms with van der Waals surface area (Å²) >= 11 is 0. The third-order valence-corrected chi connectivity index (χ3v) is 5.59. The van der Waals surface area contributed by atoms with E-state index in [0.29, 0.717) is 5.56 Å². The number of nitrogens with zero attached hydrogens (tertiary/aromatic N) is 1. The molecule has 0 bridgehead atoms. The van der Waals surface area contributed by atoms with Crippen LogP contribution in [0.25, 0.3) is 0 Å². The Bertz CT molecular complexity index is 860. The van der Waals surface area contributed by atoms with Crippen molar-refractivity contribution in [3.05, 3.63) is 53.6 Å². The molecule has 2 aromatic carbocycles. The lowest BCUT2D eigenvalue weighted by Gasteiger charge is -2.26. The number of hydrogen-bond acceptors (Lipinski definition) is 5. The van der Waals surface area contributed by atoms with Crippen LogP contribution in [0.5, 0.6) is 5.75 Å². The number of benzene rings is 2. The molecule has 0 fully saturated rings. The van der Waals surface area contributed by atoms with Crippen molar-refractivity contribution >= 4 is 21.7 Å². The van der Waals surface area contributed by atoms with E-state index in [1.807, 2.05) is 6.92 Å². The van der Waals surface area contributed by atoms with Crippen LogP contribution in [0.2, 0.25) is 0 Å². The summed E-state index contributed by atoms with van der Waals surface area (Å²) in [5, 5.41) is 11.2. The lowest BCUT2D eigenvalue weighted by molar-refractivity contribution is -0.303. The van der Waals surface area contributed by atoms with Gasteiger partial charge in [-0.2, -0.15) is 0 Å². The first-order chi connectivity index (χ1) is 11.8. The molecule has 0 heterocycles. The van der Waals surface area contributed by atoms with E-state index in [-0.39, 0.29) is 16.3 Å². The molecular weight excluding hydrogens is 342 g/mol. The smallest absolute Gasteiger partial charge is 0.268 e. The van der Waals surface area contributed by atoms with E-state index in [0.717, 1.165) is 16.3 Å². The Hall–Kier alpha value is -2.54. The average Bonchev–Trinajstić information content (AvgIpc) is 2.59. The molecule has 0 saturated carbocycles. The molecule has 2 aromatic rings. The maximum absolute atomic E-state index is 13.1. The van der Waals surface area contributed by atoms with Crippen molar-refractivity contribution in [2.24, 2.45) is 0 Å². The Morgan fingerprint density at radius 1 is 1.16 bits per heavy atom. The van der Waals surface area contributed by atoms with E-state index < -0.39 is 22.5 Å². The second kappa shape index (κ2) is 7.57. The number of carbonyl (C=O) groups excluding carboxylic acids is 1. The van der Waals surface area contributed by atoms with Crippen molar-refractivity contribution in [3.63, 3.8) is 0 Å². The van der Waals surface area contributed by atoms with E-state index in [1.54, 1.807) is 43.3 Å². The Balaban J connectivity index is 2.59. The first-order valence-corrected chi connectivity index (χ1v) is 9.19. The van der Waals surface area contributed by atoms with Gasteiger partial charge in [-0.05, 0) is 48.7 Å². The molecule has 0 aromatic heterocycles. The van der Waals surface area contributed by atoms with Crippen molar-refractivity contribution in [1.82, 2.24) is 0 Å². The molecule has 0 amide bonds. The highest BCUT2D eigenvalue weighted by Crippen LogP contribution is 2.30. The molecule has 0 radical (unpaired) electrons. The molecule has 0 aliphatic heterocycles. The third kappa shape index (κ3) is 4.11. The first-order valence-electron chi connectivity index (χ1n) is 7.75. The molecule has 0 N–H and O–H groups in total. The van der Waals surface area contributed by atoms with E-state index in [2.05, 4.69) is 0 Å². The highest BCUT2D eigenvalue weighted by atomic mass is 32.2. The third-order valence-electron chi connectivity index (χ3n) is 3.79. The number of carboxylic acids is 1. The van der Waals surface area contributed by atoms with Gasteiger partial charge in [-0.3, -0.25) is 4.31 Å². The highest BCUT2D eigenvalue weighted by molar-refractivity contribution is 7.93. The van der Waals surface area contributed by atoms with Gasteiger partial charge in [0, 0.05) is 0 Å². The fourth-order valence-corrected chi connectivity index (χ4v) is 4.09. The Kier molecular flexibility index (Phi) is 5.69. The van der Waals surface area contributed by atoms with Crippen LogP contribution in [-0.2, 0) is 21.2 Å². The van der Waals surface area contributed by atoms with Crippen LogP contribution in [-0.4, -0.2) is 28.0 Å². The second-order valence-electron chi connectivity index (χ2n) is 5.56. The van der Waals surface area contributed by atoms with Crippen LogP contribution in [0, 0.1) is 6.92 Å². The van der Waals surface area contributed by atoms with E-state index in [4.69, 9.17) is 4.74 Å². The summed E-state index contributed by atoms with van der Waals surface area (Å²) in [5.41, 5.74) is 1.99. The van der Waals surface area contributed by atoms with Crippen LogP contribution < -0.4 is 14.1 Å². The van der Waals surface area contributed by atoms with E-state index in [9.17, 15) is 18.3 Å². The van der Waals surface area contributed by atoms with E-state index in [1.165, 1.54) is 13.2 Å². The van der Waals surface area contributed by atoms with Gasteiger partial charge in [0.1, 0.15) is 10.6 Å². The van der Waals surface area contributed by atoms with Gasteiger partial charge in [-0.15, -0.1) is 0 Å². The number of anilines is 1. The van der Waals surface area contributed by atoms with Crippen LogP contribution in [0.4, 0.5) is 5.69 Å². The molecule has 0 spiro atoms. The predicted octanol–water partition coefficient (Wildman–Crippen LogP) is 1.51. The number of hydrogen-bond donors (Lipinski definition) is 0. The summed E-state index contributed by atoms with van der Waals surface area (Å²) in [4.78, 5) is 11.1. The van der Waals surface area contributed by atoms with Crippen molar-refractivity contribution in [2.75, 3.05) is 18.0 Å². The highest BCUT2D eigenvalue weighted by Gasteiger charge is 2.28. The molecule has 134 valence electrons. The van der Waals surface area contributed by atoms with E-state index >= 15 is 0 Å². The molecule has 0 unspecified atom stereocenters. The summed E-state index contributed by atoms with van der Waals surface area (Å²) in [7, 11) is -2.78. The fraction of sp³-hybridized carbons (Fsp3) is 0.278. The SMILES string of the molecule is CCc1ccc(N(CC(=O)[O-])S(=O)(=O)c2cc(C)ccc2OC)cc1. The number of methoxy groups -OCH3 is 1. The van der Waals surface area contributed by atoms with Crippen LogP contribution >= 0.6 is 0 Å². The summed E-state index contributed by atoms with van der Waals surface area (Å²) in [6.45, 7) is 2.94. The minimum absolute atomic E-state index is 0.0872. The average molecular weight is 362 g/mol. The quantitative estimate of drug-likeness (QED) is 0.745. The van der Waals surface area contributed by atoms with Crippen molar-refractivity contribution < 1.29 is 23.1 Å². The van der Waals surface area contributed by atoms with Gasteiger partial charge in [-0.1, -0.05) is 25.1 Å². The molecule has 0 aliphatic carbocycles. The van der Waals surface area contributed by atoms with Crippen molar-refractivity contribution in [2.45, 2.75) is 25.2 Å². The molecule has 6 nitrogen and oxygen atoms in total. The summed E-state index contributed by atoms with van der Waals surface area (Å²) < 4.78 is 32.2.